The van der Waals surface area contributed by atoms with Crippen molar-refractivity contribution in [3.05, 3.63) is 86.9 Å². The molecule has 0 unspecified atom stereocenters. The first-order valence-corrected chi connectivity index (χ1v) is 12.4. The number of methoxy groups -OCH3 is 1. The van der Waals surface area contributed by atoms with Crippen molar-refractivity contribution in [3.8, 4) is 11.5 Å². The molecule has 0 aromatic heterocycles. The molecule has 4 rings (SSSR count). The number of halogens is 2. The molecular weight excluding hydrogens is 578 g/mol. The van der Waals surface area contributed by atoms with Gasteiger partial charge in [0, 0.05) is 20.7 Å². The zero-order valence-corrected chi connectivity index (χ0v) is 22.6. The number of ether oxygens (including phenoxy) is 2. The van der Waals surface area contributed by atoms with Gasteiger partial charge in [0.25, 0.3) is 17.7 Å². The van der Waals surface area contributed by atoms with Crippen LogP contribution in [0.5, 0.6) is 11.5 Å². The largest absolute Gasteiger partial charge is 0.497 e. The number of carbonyl (C=O) groups excluding carboxylic acids is 4. The highest BCUT2D eigenvalue weighted by atomic mass is 79.9. The Morgan fingerprint density at radius 3 is 2.53 bits per heavy atom. The molecule has 0 radical (unpaired) electrons. The number of anilines is 2. The summed E-state index contributed by atoms with van der Waals surface area (Å²) in [6, 6.07) is 15.6. The SMILES string of the molecule is COc1ccc(NC(=O)COc2ccc(Br)cc2/C=C2\C(=O)NC(=O)N(c3cc(Cl)ccc3C)C2=O)cc1. The highest BCUT2D eigenvalue weighted by molar-refractivity contribution is 9.10. The van der Waals surface area contributed by atoms with Crippen LogP contribution in [0.25, 0.3) is 6.08 Å². The van der Waals surface area contributed by atoms with Crippen LogP contribution in [0, 0.1) is 6.92 Å². The van der Waals surface area contributed by atoms with E-state index in [-0.39, 0.29) is 23.6 Å². The zero-order chi connectivity index (χ0) is 27.4. The molecule has 11 heteroatoms. The summed E-state index contributed by atoms with van der Waals surface area (Å²) in [5.74, 6) is -1.21. The Morgan fingerprint density at radius 1 is 1.08 bits per heavy atom. The molecule has 194 valence electrons. The molecule has 1 aliphatic rings. The van der Waals surface area contributed by atoms with Gasteiger partial charge in [-0.2, -0.15) is 0 Å². The number of barbiturate groups is 1. The highest BCUT2D eigenvalue weighted by Gasteiger charge is 2.37. The fourth-order valence-electron chi connectivity index (χ4n) is 3.63. The second-order valence-corrected chi connectivity index (χ2v) is 9.49. The number of aryl methyl sites for hydroxylation is 1. The Morgan fingerprint density at radius 2 is 1.82 bits per heavy atom. The summed E-state index contributed by atoms with van der Waals surface area (Å²) in [4.78, 5) is 51.9. The van der Waals surface area contributed by atoms with E-state index in [2.05, 4.69) is 26.6 Å². The molecule has 3 aromatic carbocycles. The van der Waals surface area contributed by atoms with Gasteiger partial charge in [-0.25, -0.2) is 9.69 Å². The van der Waals surface area contributed by atoms with E-state index in [1.54, 1.807) is 68.6 Å². The summed E-state index contributed by atoms with van der Waals surface area (Å²) >= 11 is 9.44. The average molecular weight is 599 g/mol. The van der Waals surface area contributed by atoms with Crippen LogP contribution >= 0.6 is 27.5 Å². The van der Waals surface area contributed by atoms with Crippen molar-refractivity contribution in [2.24, 2.45) is 0 Å². The molecule has 0 aliphatic carbocycles. The topological polar surface area (TPSA) is 114 Å². The van der Waals surface area contributed by atoms with E-state index in [9.17, 15) is 19.2 Å². The number of hydrogen-bond donors (Lipinski definition) is 2. The van der Waals surface area contributed by atoms with Gasteiger partial charge in [0.2, 0.25) is 0 Å². The van der Waals surface area contributed by atoms with Gasteiger partial charge < -0.3 is 14.8 Å². The van der Waals surface area contributed by atoms with Crippen LogP contribution in [0.1, 0.15) is 11.1 Å². The summed E-state index contributed by atoms with van der Waals surface area (Å²) < 4.78 is 11.4. The maximum absolute atomic E-state index is 13.3. The molecule has 1 heterocycles. The van der Waals surface area contributed by atoms with Crippen LogP contribution < -0.4 is 25.0 Å². The maximum atomic E-state index is 13.3. The maximum Gasteiger partial charge on any atom is 0.335 e. The van der Waals surface area contributed by atoms with Crippen molar-refractivity contribution in [2.75, 3.05) is 23.9 Å². The molecule has 0 atom stereocenters. The Kier molecular flexibility index (Phi) is 8.13. The highest BCUT2D eigenvalue weighted by Crippen LogP contribution is 2.30. The van der Waals surface area contributed by atoms with Crippen LogP contribution in [0.4, 0.5) is 16.2 Å². The molecule has 3 aromatic rings. The van der Waals surface area contributed by atoms with Crippen LogP contribution in [-0.4, -0.2) is 37.5 Å². The van der Waals surface area contributed by atoms with E-state index in [0.717, 1.165) is 4.90 Å². The van der Waals surface area contributed by atoms with Crippen molar-refractivity contribution in [1.29, 1.82) is 0 Å². The molecule has 2 N–H and O–H groups in total. The number of nitrogens with one attached hydrogen (secondary N) is 2. The molecule has 38 heavy (non-hydrogen) atoms. The quantitative estimate of drug-likeness (QED) is 0.289. The second-order valence-electron chi connectivity index (χ2n) is 8.14. The third-order valence-corrected chi connectivity index (χ3v) is 6.25. The monoisotopic (exact) mass is 597 g/mol. The number of nitrogens with zero attached hydrogens (tertiary/aromatic N) is 1. The lowest BCUT2D eigenvalue weighted by Crippen LogP contribution is -2.54. The molecule has 0 saturated carbocycles. The first kappa shape index (κ1) is 26.9. The lowest BCUT2D eigenvalue weighted by molar-refractivity contribution is -0.122. The van der Waals surface area contributed by atoms with Gasteiger partial charge in [0.1, 0.15) is 17.1 Å². The number of hydrogen-bond acceptors (Lipinski definition) is 6. The number of urea groups is 1. The first-order valence-electron chi connectivity index (χ1n) is 11.2. The predicted octanol–water partition coefficient (Wildman–Crippen LogP) is 5.10. The Hall–Kier alpha value is -4.15. The van der Waals surface area contributed by atoms with Crippen molar-refractivity contribution in [1.82, 2.24) is 5.32 Å². The molecule has 1 fully saturated rings. The van der Waals surface area contributed by atoms with Crippen LogP contribution in [0.15, 0.2) is 70.7 Å². The van der Waals surface area contributed by atoms with E-state index >= 15 is 0 Å². The molecule has 1 aliphatic heterocycles. The summed E-state index contributed by atoms with van der Waals surface area (Å²) in [5, 5.41) is 5.22. The number of amides is 5. The molecular formula is C27H21BrClN3O6. The fourth-order valence-corrected chi connectivity index (χ4v) is 4.18. The third-order valence-electron chi connectivity index (χ3n) is 5.52. The van der Waals surface area contributed by atoms with E-state index in [0.29, 0.717) is 32.1 Å². The van der Waals surface area contributed by atoms with Crippen molar-refractivity contribution < 1.29 is 28.7 Å². The third kappa shape index (κ3) is 6.04. The van der Waals surface area contributed by atoms with E-state index in [4.69, 9.17) is 21.1 Å². The van der Waals surface area contributed by atoms with Crippen LogP contribution in [0.2, 0.25) is 5.02 Å². The lowest BCUT2D eigenvalue weighted by Gasteiger charge is -2.27. The number of rotatable bonds is 7. The van der Waals surface area contributed by atoms with Gasteiger partial charge in [0.05, 0.1) is 12.8 Å². The first-order chi connectivity index (χ1) is 18.2. The number of imide groups is 2. The van der Waals surface area contributed by atoms with Gasteiger partial charge in [-0.05, 0) is 73.2 Å². The Balaban J connectivity index is 1.58. The van der Waals surface area contributed by atoms with Gasteiger partial charge >= 0.3 is 6.03 Å². The normalized spacial score (nSPS) is 14.4. The van der Waals surface area contributed by atoms with Crippen molar-refractivity contribution >= 4 is 68.7 Å². The van der Waals surface area contributed by atoms with Gasteiger partial charge in [-0.1, -0.05) is 33.6 Å². The number of carbonyl (C=O) groups is 4. The molecule has 5 amide bonds. The van der Waals surface area contributed by atoms with Crippen LogP contribution in [-0.2, 0) is 14.4 Å². The smallest absolute Gasteiger partial charge is 0.335 e. The van der Waals surface area contributed by atoms with E-state index in [1.165, 1.54) is 12.1 Å². The minimum Gasteiger partial charge on any atom is -0.497 e. The molecule has 9 nitrogen and oxygen atoms in total. The fraction of sp³-hybridized carbons (Fsp3) is 0.111. The zero-order valence-electron chi connectivity index (χ0n) is 20.2. The summed E-state index contributed by atoms with van der Waals surface area (Å²) in [6.07, 6.45) is 1.30. The standard InChI is InChI=1S/C27H21BrClN3O6/c1-15-3-5-18(29)13-22(15)32-26(35)21(25(34)31-27(32)36)12-16-11-17(28)4-10-23(16)38-14-24(33)30-19-6-8-20(37-2)9-7-19/h3-13H,14H2,1-2H3,(H,30,33)(H,31,34,36)/b21-12+. The minimum atomic E-state index is -0.886. The van der Waals surface area contributed by atoms with Gasteiger partial charge in [-0.15, -0.1) is 0 Å². The molecule has 0 spiro atoms. The second kappa shape index (κ2) is 11.5. The van der Waals surface area contributed by atoms with Crippen molar-refractivity contribution in [3.63, 3.8) is 0 Å². The van der Waals surface area contributed by atoms with Gasteiger partial charge in [-0.3, -0.25) is 19.7 Å². The lowest BCUT2D eigenvalue weighted by atomic mass is 10.0. The average Bonchev–Trinajstić information content (AvgIpc) is 2.88. The Bertz CT molecular complexity index is 1470. The summed E-state index contributed by atoms with van der Waals surface area (Å²) in [5.41, 5.74) is 1.46. The van der Waals surface area contributed by atoms with Gasteiger partial charge in [0.15, 0.2) is 6.61 Å². The van der Waals surface area contributed by atoms with Crippen molar-refractivity contribution in [2.45, 2.75) is 6.92 Å². The van der Waals surface area contributed by atoms with E-state index in [1.807, 2.05) is 0 Å². The summed E-state index contributed by atoms with van der Waals surface area (Å²) in [7, 11) is 1.55. The molecule has 1 saturated heterocycles. The minimum absolute atomic E-state index is 0.244. The Labute approximate surface area is 231 Å². The predicted molar refractivity (Wildman–Crippen MR) is 146 cm³/mol. The molecule has 0 bridgehead atoms. The summed E-state index contributed by atoms with van der Waals surface area (Å²) in [6.45, 7) is 1.37. The number of benzene rings is 3. The van der Waals surface area contributed by atoms with E-state index < -0.39 is 23.8 Å². The van der Waals surface area contributed by atoms with Crippen LogP contribution in [0.3, 0.4) is 0 Å².